The molecule has 5 heterocycles. The number of aryl methyl sites for hydroxylation is 1. The summed E-state index contributed by atoms with van der Waals surface area (Å²) in [5.41, 5.74) is 3.93. The van der Waals surface area contributed by atoms with Gasteiger partial charge in [-0.15, -0.1) is 0 Å². The van der Waals surface area contributed by atoms with E-state index in [2.05, 4.69) is 55.2 Å². The van der Waals surface area contributed by atoms with Gasteiger partial charge < -0.3 is 24.0 Å². The maximum Gasteiger partial charge on any atom is 0.410 e. The monoisotopic (exact) mass is 728 g/mol. The molecule has 270 valence electrons. The number of halogens is 1. The fraction of sp³-hybridized carbons (Fsp3) is 0.667. The van der Waals surface area contributed by atoms with Gasteiger partial charge in [0.25, 0.3) is 0 Å². The van der Waals surface area contributed by atoms with E-state index in [-0.39, 0.29) is 24.1 Å². The minimum Gasteiger partial charge on any atom is -0.444 e. The molecule has 0 aliphatic carbocycles. The van der Waals surface area contributed by atoms with Gasteiger partial charge in [-0.2, -0.15) is 9.61 Å². The summed E-state index contributed by atoms with van der Waals surface area (Å²) in [6, 6.07) is 6.63. The summed E-state index contributed by atoms with van der Waals surface area (Å²) in [5.74, 6) is 1.06. The molecule has 13 heteroatoms. The second kappa shape index (κ2) is 15.0. The maximum atomic E-state index is 13.3. The lowest BCUT2D eigenvalue weighted by atomic mass is 9.88. The third-order valence-electron chi connectivity index (χ3n) is 9.36. The summed E-state index contributed by atoms with van der Waals surface area (Å²) in [6.45, 7) is 24.1. The molecule has 1 amide bonds. The highest BCUT2D eigenvalue weighted by Gasteiger charge is 2.45. The molecule has 0 spiro atoms. The molecule has 3 aromatic heterocycles. The van der Waals surface area contributed by atoms with Crippen LogP contribution in [0.3, 0.4) is 0 Å². The number of aromatic nitrogens is 4. The Hall–Kier alpha value is -2.52. The molecule has 2 aliphatic heterocycles. The van der Waals surface area contributed by atoms with Crippen molar-refractivity contribution in [3.63, 3.8) is 0 Å². The van der Waals surface area contributed by atoms with Crippen molar-refractivity contribution in [2.24, 2.45) is 0 Å². The number of pyridine rings is 1. The second-order valence-corrected chi connectivity index (χ2v) is 28.9. The van der Waals surface area contributed by atoms with Gasteiger partial charge in [-0.25, -0.2) is 14.8 Å². The third kappa shape index (κ3) is 9.84. The van der Waals surface area contributed by atoms with Crippen LogP contribution >= 0.6 is 11.6 Å². The lowest BCUT2D eigenvalue weighted by Gasteiger charge is -2.39. The zero-order valence-electron chi connectivity index (χ0n) is 31.3. The zero-order valence-corrected chi connectivity index (χ0v) is 34.1. The van der Waals surface area contributed by atoms with Crippen LogP contribution in [-0.4, -0.2) is 91.1 Å². The van der Waals surface area contributed by atoms with Crippen molar-refractivity contribution in [2.45, 2.75) is 128 Å². The zero-order chi connectivity index (χ0) is 35.7. The van der Waals surface area contributed by atoms with Crippen molar-refractivity contribution < 1.29 is 19.0 Å². The molecule has 3 atom stereocenters. The van der Waals surface area contributed by atoms with Crippen LogP contribution in [0.2, 0.25) is 56.5 Å². The van der Waals surface area contributed by atoms with E-state index in [1.54, 1.807) is 6.20 Å². The van der Waals surface area contributed by atoms with Crippen LogP contribution in [0.25, 0.3) is 16.8 Å². The van der Waals surface area contributed by atoms with E-state index < -0.39 is 21.7 Å². The minimum absolute atomic E-state index is 0.124. The molecular formula is C36H57ClN6O4Si2. The molecule has 2 bridgehead atoms. The van der Waals surface area contributed by atoms with Gasteiger partial charge in [-0.1, -0.05) is 50.9 Å². The largest absolute Gasteiger partial charge is 0.444 e. The molecule has 0 radical (unpaired) electrons. The van der Waals surface area contributed by atoms with E-state index in [1.165, 1.54) is 0 Å². The number of hydrogen-bond donors (Lipinski definition) is 0. The van der Waals surface area contributed by atoms with E-state index in [9.17, 15) is 4.79 Å². The molecule has 3 aromatic rings. The molecule has 5 rings (SSSR count). The normalized spacial score (nSPS) is 19.9. The van der Waals surface area contributed by atoms with Crippen LogP contribution in [0, 0.1) is 6.92 Å². The van der Waals surface area contributed by atoms with Crippen LogP contribution in [0.15, 0.2) is 24.5 Å². The van der Waals surface area contributed by atoms with Gasteiger partial charge in [0, 0.05) is 76.4 Å². The lowest BCUT2D eigenvalue weighted by molar-refractivity contribution is 0.00569. The number of piperidine rings is 1. The Bertz CT molecular complexity index is 1580. The first-order chi connectivity index (χ1) is 22.9. The van der Waals surface area contributed by atoms with Gasteiger partial charge in [0.15, 0.2) is 5.65 Å². The maximum absolute atomic E-state index is 13.3. The standard InChI is InChI=1S/C36H57ClN6O4Si2/c1-25-17-27(21-38-33(25)37)30-22-39-43-32(41(23-45-13-15-48(5,6)7)24-46-14-16-49(8,9)10)20-31(40-34(30)43)26-18-28-11-12-29(19-26)42(28)35(44)47-36(2,3)4/h17,20-22,26,28-29H,11-16,18-19,23-24H2,1-10H3/t26-,28+,29-. The fourth-order valence-corrected chi connectivity index (χ4v) is 8.23. The quantitative estimate of drug-likeness (QED) is 0.0746. The topological polar surface area (TPSA) is 94.3 Å². The van der Waals surface area contributed by atoms with Crippen LogP contribution < -0.4 is 4.90 Å². The summed E-state index contributed by atoms with van der Waals surface area (Å²) in [4.78, 5) is 27.2. The smallest absolute Gasteiger partial charge is 0.410 e. The SMILES string of the molecule is Cc1cc(-c2cnn3c(N(COCC[Si](C)(C)C)COCC[Si](C)(C)C)cc([C@H]4C[C@H]5CC[C@@H](C4)N5C(=O)OC(C)(C)C)nc23)cnc1Cl. The predicted molar refractivity (Wildman–Crippen MR) is 203 cm³/mol. The summed E-state index contributed by atoms with van der Waals surface area (Å²) < 4.78 is 20.4. The number of rotatable bonds is 13. The highest BCUT2D eigenvalue weighted by molar-refractivity contribution is 6.76. The summed E-state index contributed by atoms with van der Waals surface area (Å²) in [5, 5.41) is 5.37. The average Bonchev–Trinajstić information content (AvgIpc) is 3.53. The Kier molecular flexibility index (Phi) is 11.5. The van der Waals surface area contributed by atoms with Crippen LogP contribution in [-0.2, 0) is 14.2 Å². The van der Waals surface area contributed by atoms with Gasteiger partial charge in [0.2, 0.25) is 0 Å². The highest BCUT2D eigenvalue weighted by atomic mass is 35.5. The third-order valence-corrected chi connectivity index (χ3v) is 13.2. The predicted octanol–water partition coefficient (Wildman–Crippen LogP) is 8.83. The Balaban J connectivity index is 1.52. The van der Waals surface area contributed by atoms with E-state index in [1.807, 2.05) is 49.4 Å². The number of fused-ring (bicyclic) bond motifs is 3. The first kappa shape index (κ1) is 37.7. The number of ether oxygens (including phenoxy) is 3. The minimum atomic E-state index is -1.26. The molecule has 2 aliphatic rings. The van der Waals surface area contributed by atoms with E-state index >= 15 is 0 Å². The number of hydrogen-bond acceptors (Lipinski definition) is 8. The van der Waals surface area contributed by atoms with E-state index in [0.717, 1.165) is 71.6 Å². The Labute approximate surface area is 299 Å². The summed E-state index contributed by atoms with van der Waals surface area (Å²) >= 11 is 6.32. The lowest BCUT2D eigenvalue weighted by Crippen LogP contribution is -2.48. The second-order valence-electron chi connectivity index (χ2n) is 17.3. The highest BCUT2D eigenvalue weighted by Crippen LogP contribution is 2.44. The summed E-state index contributed by atoms with van der Waals surface area (Å²) in [6.07, 6.45) is 7.08. The molecule has 0 aromatic carbocycles. The Morgan fingerprint density at radius 2 is 1.55 bits per heavy atom. The van der Waals surface area contributed by atoms with Gasteiger partial charge >= 0.3 is 6.09 Å². The first-order valence-electron chi connectivity index (χ1n) is 17.8. The molecule has 0 N–H and O–H groups in total. The van der Waals surface area contributed by atoms with Crippen molar-refractivity contribution >= 4 is 45.3 Å². The molecular weight excluding hydrogens is 672 g/mol. The number of carbonyl (C=O) groups excluding carboxylic acids is 1. The van der Waals surface area contributed by atoms with Crippen LogP contribution in [0.1, 0.15) is 63.6 Å². The van der Waals surface area contributed by atoms with Crippen LogP contribution in [0.4, 0.5) is 10.6 Å². The van der Waals surface area contributed by atoms with Gasteiger partial charge in [-0.05, 0) is 77.1 Å². The molecule has 49 heavy (non-hydrogen) atoms. The van der Waals surface area contributed by atoms with Crippen molar-refractivity contribution in [1.82, 2.24) is 24.5 Å². The first-order valence-corrected chi connectivity index (χ1v) is 25.6. The molecule has 0 saturated carbocycles. The molecule has 10 nitrogen and oxygen atoms in total. The number of amides is 1. The number of carbonyl (C=O) groups is 1. The molecule has 0 unspecified atom stereocenters. The van der Waals surface area contributed by atoms with Crippen molar-refractivity contribution in [3.05, 3.63) is 40.9 Å². The average molecular weight is 730 g/mol. The van der Waals surface area contributed by atoms with Gasteiger partial charge in [0.05, 0.1) is 6.20 Å². The Morgan fingerprint density at radius 3 is 2.08 bits per heavy atom. The molecule has 2 saturated heterocycles. The van der Waals surface area contributed by atoms with Crippen molar-refractivity contribution in [2.75, 3.05) is 31.6 Å². The van der Waals surface area contributed by atoms with Gasteiger partial charge in [0.1, 0.15) is 30.0 Å². The van der Waals surface area contributed by atoms with Crippen molar-refractivity contribution in [3.8, 4) is 11.1 Å². The molecule has 2 fully saturated rings. The number of nitrogens with zero attached hydrogens (tertiary/aromatic N) is 6. The van der Waals surface area contributed by atoms with E-state index in [4.69, 9.17) is 35.9 Å². The summed E-state index contributed by atoms with van der Waals surface area (Å²) in [7, 11) is -2.53. The van der Waals surface area contributed by atoms with E-state index in [0.29, 0.717) is 31.8 Å². The fourth-order valence-electron chi connectivity index (χ4n) is 6.62. The van der Waals surface area contributed by atoms with Crippen molar-refractivity contribution in [1.29, 1.82) is 0 Å². The Morgan fingerprint density at radius 1 is 0.959 bits per heavy atom. The van der Waals surface area contributed by atoms with Gasteiger partial charge in [-0.3, -0.25) is 0 Å². The number of anilines is 1. The van der Waals surface area contributed by atoms with Crippen LogP contribution in [0.5, 0.6) is 0 Å².